The van der Waals surface area contributed by atoms with E-state index in [0.29, 0.717) is 23.1 Å². The lowest BCUT2D eigenvalue weighted by Gasteiger charge is -2.16. The molecule has 20 heavy (non-hydrogen) atoms. The lowest BCUT2D eigenvalue weighted by Crippen LogP contribution is -2.29. The number of benzene rings is 1. The van der Waals surface area contributed by atoms with Crippen LogP contribution < -0.4 is 0 Å². The lowest BCUT2D eigenvalue weighted by atomic mass is 10.2. The summed E-state index contributed by atoms with van der Waals surface area (Å²) in [5.41, 5.74) is 0.693. The average Bonchev–Trinajstić information content (AvgIpc) is 2.92. The van der Waals surface area contributed by atoms with Gasteiger partial charge in [-0.1, -0.05) is 22.0 Å². The van der Waals surface area contributed by atoms with Gasteiger partial charge >= 0.3 is 5.97 Å². The largest absolute Gasteiger partial charge is 0.468 e. The molecule has 0 aliphatic carbocycles. The second-order valence-electron chi connectivity index (χ2n) is 4.56. The summed E-state index contributed by atoms with van der Waals surface area (Å²) >= 11 is 4.93. The van der Waals surface area contributed by atoms with E-state index in [1.165, 1.54) is 7.11 Å². The molecule has 1 atom stereocenters. The zero-order valence-electron chi connectivity index (χ0n) is 11.2. The zero-order valence-corrected chi connectivity index (χ0v) is 13.6. The Morgan fingerprint density at radius 2 is 2.30 bits per heavy atom. The van der Waals surface area contributed by atoms with Crippen LogP contribution in [-0.2, 0) is 9.53 Å². The Hall–Kier alpha value is -1.01. The van der Waals surface area contributed by atoms with Crippen molar-refractivity contribution in [1.29, 1.82) is 0 Å². The first-order valence-corrected chi connectivity index (χ1v) is 8.17. The highest BCUT2D eigenvalue weighted by Gasteiger charge is 2.27. The fourth-order valence-electron chi connectivity index (χ4n) is 2.10. The molecule has 1 aromatic rings. The van der Waals surface area contributed by atoms with Gasteiger partial charge in [-0.05, 0) is 24.6 Å². The van der Waals surface area contributed by atoms with Crippen LogP contribution in [-0.4, -0.2) is 48.0 Å². The van der Waals surface area contributed by atoms with Gasteiger partial charge in [-0.3, -0.25) is 9.59 Å². The normalized spacial score (nSPS) is 18.1. The van der Waals surface area contributed by atoms with Gasteiger partial charge in [-0.25, -0.2) is 0 Å². The molecule has 1 aromatic carbocycles. The fraction of sp³-hybridized carbons (Fsp3) is 0.429. The van der Waals surface area contributed by atoms with E-state index in [0.717, 1.165) is 17.4 Å². The molecule has 6 heteroatoms. The third-order valence-electron chi connectivity index (χ3n) is 3.17. The second-order valence-corrected chi connectivity index (χ2v) is 6.76. The van der Waals surface area contributed by atoms with Gasteiger partial charge in [-0.2, -0.15) is 0 Å². The molecule has 1 amide bonds. The van der Waals surface area contributed by atoms with Crippen molar-refractivity contribution in [3.63, 3.8) is 0 Å². The minimum Gasteiger partial charge on any atom is -0.468 e. The van der Waals surface area contributed by atoms with Crippen LogP contribution in [0.1, 0.15) is 16.8 Å². The van der Waals surface area contributed by atoms with Gasteiger partial charge in [-0.15, -0.1) is 11.8 Å². The third-order valence-corrected chi connectivity index (χ3v) is 4.92. The third kappa shape index (κ3) is 3.99. The predicted molar refractivity (Wildman–Crippen MR) is 82.9 cm³/mol. The van der Waals surface area contributed by atoms with Crippen molar-refractivity contribution < 1.29 is 14.3 Å². The number of hydrogen-bond acceptors (Lipinski definition) is 4. The van der Waals surface area contributed by atoms with Crippen molar-refractivity contribution in [2.75, 3.05) is 26.0 Å². The Bertz CT molecular complexity index is 509. The summed E-state index contributed by atoms with van der Waals surface area (Å²) in [6.45, 7) is 1.43. The SMILES string of the molecule is COC(=O)CSC1CCN(C(=O)c2cccc(Br)c2)C1. The minimum atomic E-state index is -0.216. The van der Waals surface area contributed by atoms with Crippen LogP contribution in [0.2, 0.25) is 0 Å². The molecule has 0 aromatic heterocycles. The van der Waals surface area contributed by atoms with Crippen molar-refractivity contribution >= 4 is 39.6 Å². The van der Waals surface area contributed by atoms with Gasteiger partial charge in [0.05, 0.1) is 12.9 Å². The Morgan fingerprint density at radius 1 is 1.50 bits per heavy atom. The maximum atomic E-state index is 12.3. The molecule has 0 N–H and O–H groups in total. The number of likely N-dealkylation sites (tertiary alicyclic amines) is 1. The number of esters is 1. The van der Waals surface area contributed by atoms with Gasteiger partial charge in [0.15, 0.2) is 0 Å². The van der Waals surface area contributed by atoms with E-state index in [2.05, 4.69) is 20.7 Å². The van der Waals surface area contributed by atoms with Crippen molar-refractivity contribution in [1.82, 2.24) is 4.90 Å². The maximum Gasteiger partial charge on any atom is 0.315 e. The molecule has 1 saturated heterocycles. The highest BCUT2D eigenvalue weighted by atomic mass is 79.9. The van der Waals surface area contributed by atoms with Gasteiger partial charge in [0.1, 0.15) is 0 Å². The van der Waals surface area contributed by atoms with Crippen LogP contribution in [0, 0.1) is 0 Å². The molecule has 1 unspecified atom stereocenters. The van der Waals surface area contributed by atoms with E-state index < -0.39 is 0 Å². The fourth-order valence-corrected chi connectivity index (χ4v) is 3.54. The average molecular weight is 358 g/mol. The van der Waals surface area contributed by atoms with Crippen LogP contribution in [0.4, 0.5) is 0 Å². The van der Waals surface area contributed by atoms with Crippen molar-refractivity contribution in [3.8, 4) is 0 Å². The highest BCUT2D eigenvalue weighted by Crippen LogP contribution is 2.24. The Morgan fingerprint density at radius 3 is 3.00 bits per heavy atom. The number of carbonyl (C=O) groups excluding carboxylic acids is 2. The van der Waals surface area contributed by atoms with Gasteiger partial charge in [0.25, 0.3) is 5.91 Å². The van der Waals surface area contributed by atoms with Crippen molar-refractivity contribution in [3.05, 3.63) is 34.3 Å². The Labute approximate surface area is 131 Å². The zero-order chi connectivity index (χ0) is 14.5. The predicted octanol–water partition coefficient (Wildman–Crippen LogP) is 2.57. The quantitative estimate of drug-likeness (QED) is 0.777. The Balaban J connectivity index is 1.89. The van der Waals surface area contributed by atoms with Crippen LogP contribution >= 0.6 is 27.7 Å². The summed E-state index contributed by atoms with van der Waals surface area (Å²) in [5, 5.41) is 0.310. The second kappa shape index (κ2) is 7.13. The molecular formula is C14H16BrNO3S. The van der Waals surface area contributed by atoms with E-state index >= 15 is 0 Å². The van der Waals surface area contributed by atoms with Gasteiger partial charge < -0.3 is 9.64 Å². The number of amides is 1. The first-order valence-electron chi connectivity index (χ1n) is 6.33. The molecule has 1 fully saturated rings. The van der Waals surface area contributed by atoms with Gasteiger partial charge in [0.2, 0.25) is 0 Å². The number of rotatable bonds is 4. The number of thioether (sulfide) groups is 1. The summed E-state index contributed by atoms with van der Waals surface area (Å²) in [6, 6.07) is 7.41. The summed E-state index contributed by atoms with van der Waals surface area (Å²) in [5.74, 6) is 0.180. The highest BCUT2D eigenvalue weighted by molar-refractivity contribution is 9.10. The van der Waals surface area contributed by atoms with E-state index in [-0.39, 0.29) is 11.9 Å². The van der Waals surface area contributed by atoms with E-state index in [1.54, 1.807) is 11.8 Å². The summed E-state index contributed by atoms with van der Waals surface area (Å²) in [6.07, 6.45) is 0.918. The monoisotopic (exact) mass is 357 g/mol. The number of hydrogen-bond donors (Lipinski definition) is 0. The smallest absolute Gasteiger partial charge is 0.315 e. The Kier molecular flexibility index (Phi) is 5.48. The molecule has 108 valence electrons. The number of halogens is 1. The van der Waals surface area contributed by atoms with Crippen molar-refractivity contribution in [2.45, 2.75) is 11.7 Å². The molecule has 0 saturated carbocycles. The molecule has 0 bridgehead atoms. The number of nitrogens with zero attached hydrogens (tertiary/aromatic N) is 1. The number of ether oxygens (including phenoxy) is 1. The molecule has 0 spiro atoms. The van der Waals surface area contributed by atoms with Crippen LogP contribution in [0.25, 0.3) is 0 Å². The summed E-state index contributed by atoms with van der Waals surface area (Å²) in [7, 11) is 1.39. The first kappa shape index (κ1) is 15.4. The van der Waals surface area contributed by atoms with Crippen molar-refractivity contribution in [2.24, 2.45) is 0 Å². The first-order chi connectivity index (χ1) is 9.60. The topological polar surface area (TPSA) is 46.6 Å². The molecule has 1 aliphatic heterocycles. The van der Waals surface area contributed by atoms with Crippen LogP contribution in [0.5, 0.6) is 0 Å². The van der Waals surface area contributed by atoms with E-state index in [4.69, 9.17) is 0 Å². The number of carbonyl (C=O) groups is 2. The van der Waals surface area contributed by atoms with Gasteiger partial charge in [0, 0.05) is 28.4 Å². The molecule has 1 heterocycles. The minimum absolute atomic E-state index is 0.0486. The summed E-state index contributed by atoms with van der Waals surface area (Å²) < 4.78 is 5.52. The van der Waals surface area contributed by atoms with E-state index in [9.17, 15) is 9.59 Å². The molecule has 1 aliphatic rings. The maximum absolute atomic E-state index is 12.3. The number of methoxy groups -OCH3 is 1. The molecular weight excluding hydrogens is 342 g/mol. The van der Waals surface area contributed by atoms with Crippen LogP contribution in [0.15, 0.2) is 28.7 Å². The molecule has 2 rings (SSSR count). The molecule has 4 nitrogen and oxygen atoms in total. The standard InChI is InChI=1S/C14H16BrNO3S/c1-19-13(17)9-20-12-5-6-16(8-12)14(18)10-3-2-4-11(15)7-10/h2-4,7,12H,5-6,8-9H2,1H3. The van der Waals surface area contributed by atoms with Crippen LogP contribution in [0.3, 0.4) is 0 Å². The lowest BCUT2D eigenvalue weighted by molar-refractivity contribution is -0.137. The summed E-state index contributed by atoms with van der Waals surface area (Å²) in [4.78, 5) is 25.3. The molecule has 0 radical (unpaired) electrons. The van der Waals surface area contributed by atoms with E-state index in [1.807, 2.05) is 29.2 Å².